The molecule has 17 heavy (non-hydrogen) atoms. The molecule has 0 aliphatic carbocycles. The molecule has 0 amide bonds. The summed E-state index contributed by atoms with van der Waals surface area (Å²) in [6.07, 6.45) is 0. The van der Waals surface area contributed by atoms with Crippen LogP contribution in [0.3, 0.4) is 0 Å². The molecule has 1 aromatic heterocycles. The van der Waals surface area contributed by atoms with E-state index < -0.39 is 5.97 Å². The van der Waals surface area contributed by atoms with Crippen LogP contribution in [0.25, 0.3) is 11.3 Å². The van der Waals surface area contributed by atoms with Gasteiger partial charge in [-0.1, -0.05) is 15.9 Å². The molecule has 3 nitrogen and oxygen atoms in total. The minimum atomic E-state index is -1.05. The van der Waals surface area contributed by atoms with E-state index in [1.807, 2.05) is 26.0 Å². The Hall–Kier alpha value is -1.55. The van der Waals surface area contributed by atoms with Crippen LogP contribution in [0.1, 0.15) is 21.7 Å². The van der Waals surface area contributed by atoms with Crippen molar-refractivity contribution in [1.82, 2.24) is 0 Å². The van der Waals surface area contributed by atoms with E-state index in [2.05, 4.69) is 15.9 Å². The monoisotopic (exact) mass is 294 g/mol. The van der Waals surface area contributed by atoms with Crippen LogP contribution in [0.5, 0.6) is 0 Å². The van der Waals surface area contributed by atoms with Gasteiger partial charge in [-0.25, -0.2) is 4.79 Å². The lowest BCUT2D eigenvalue weighted by molar-refractivity contribution is 0.0663. The molecule has 0 saturated carbocycles. The molecule has 0 saturated heterocycles. The Balaban J connectivity index is 2.49. The molecule has 2 rings (SSSR count). The lowest BCUT2D eigenvalue weighted by Crippen LogP contribution is -1.91. The van der Waals surface area contributed by atoms with Gasteiger partial charge >= 0.3 is 5.97 Å². The second-order valence-corrected chi connectivity index (χ2v) is 4.69. The Morgan fingerprint density at radius 2 is 1.82 bits per heavy atom. The molecule has 0 atom stereocenters. The maximum absolute atomic E-state index is 10.7. The third-order valence-corrected chi connectivity index (χ3v) is 3.79. The standard InChI is InChI=1S/C13H11BrO3/c1-7-5-9(6-8(2)12(7)14)10-3-4-11(17-10)13(15)16/h3-6H,1-2H3,(H,15,16). The van der Waals surface area contributed by atoms with Crippen molar-refractivity contribution in [3.05, 3.63) is 45.6 Å². The lowest BCUT2D eigenvalue weighted by Gasteiger charge is -2.05. The molecule has 0 fully saturated rings. The molecule has 0 spiro atoms. The predicted molar refractivity (Wildman–Crippen MR) is 68.3 cm³/mol. The number of aryl methyl sites for hydroxylation is 2. The number of benzene rings is 1. The van der Waals surface area contributed by atoms with Crippen molar-refractivity contribution in [2.75, 3.05) is 0 Å². The van der Waals surface area contributed by atoms with E-state index in [-0.39, 0.29) is 5.76 Å². The summed E-state index contributed by atoms with van der Waals surface area (Å²) in [4.78, 5) is 10.7. The van der Waals surface area contributed by atoms with Gasteiger partial charge in [-0.05, 0) is 49.2 Å². The molecule has 1 aromatic carbocycles. The first-order valence-corrected chi connectivity index (χ1v) is 5.88. The van der Waals surface area contributed by atoms with Gasteiger partial charge in [0, 0.05) is 10.0 Å². The quantitative estimate of drug-likeness (QED) is 0.910. The highest BCUT2D eigenvalue weighted by Crippen LogP contribution is 2.29. The average Bonchev–Trinajstić information content (AvgIpc) is 2.74. The highest BCUT2D eigenvalue weighted by atomic mass is 79.9. The molecular formula is C13H11BrO3. The van der Waals surface area contributed by atoms with Crippen LogP contribution >= 0.6 is 15.9 Å². The number of aromatic carboxylic acids is 1. The first-order chi connectivity index (χ1) is 7.99. The van der Waals surface area contributed by atoms with Gasteiger partial charge in [0.2, 0.25) is 5.76 Å². The van der Waals surface area contributed by atoms with E-state index >= 15 is 0 Å². The van der Waals surface area contributed by atoms with Gasteiger partial charge in [-0.15, -0.1) is 0 Å². The molecule has 0 bridgehead atoms. The van der Waals surface area contributed by atoms with E-state index in [1.165, 1.54) is 6.07 Å². The fourth-order valence-electron chi connectivity index (χ4n) is 1.70. The van der Waals surface area contributed by atoms with Gasteiger partial charge in [0.05, 0.1) is 0 Å². The van der Waals surface area contributed by atoms with Crippen LogP contribution < -0.4 is 0 Å². The first-order valence-electron chi connectivity index (χ1n) is 5.09. The van der Waals surface area contributed by atoms with E-state index in [0.29, 0.717) is 5.76 Å². The normalized spacial score (nSPS) is 10.5. The fourth-order valence-corrected chi connectivity index (χ4v) is 1.93. The van der Waals surface area contributed by atoms with Crippen molar-refractivity contribution in [3.8, 4) is 11.3 Å². The largest absolute Gasteiger partial charge is 0.475 e. The van der Waals surface area contributed by atoms with Crippen molar-refractivity contribution < 1.29 is 14.3 Å². The molecule has 0 aliphatic rings. The number of rotatable bonds is 2. The van der Waals surface area contributed by atoms with Crippen LogP contribution in [0, 0.1) is 13.8 Å². The van der Waals surface area contributed by atoms with Gasteiger partial charge in [0.25, 0.3) is 0 Å². The molecule has 0 radical (unpaired) electrons. The number of hydrogen-bond donors (Lipinski definition) is 1. The predicted octanol–water partition coefficient (Wildman–Crippen LogP) is 4.02. The van der Waals surface area contributed by atoms with Crippen LogP contribution in [-0.4, -0.2) is 11.1 Å². The van der Waals surface area contributed by atoms with Crippen LogP contribution in [-0.2, 0) is 0 Å². The molecule has 2 aromatic rings. The van der Waals surface area contributed by atoms with Crippen molar-refractivity contribution >= 4 is 21.9 Å². The highest BCUT2D eigenvalue weighted by molar-refractivity contribution is 9.10. The number of carboxylic acids is 1. The zero-order valence-corrected chi connectivity index (χ0v) is 11.0. The van der Waals surface area contributed by atoms with Crippen molar-refractivity contribution in [2.24, 2.45) is 0 Å². The number of hydrogen-bond acceptors (Lipinski definition) is 2. The Bertz CT molecular complexity index is 561. The topological polar surface area (TPSA) is 50.4 Å². The summed E-state index contributed by atoms with van der Waals surface area (Å²) in [7, 11) is 0. The van der Waals surface area contributed by atoms with E-state index in [4.69, 9.17) is 9.52 Å². The molecule has 0 aliphatic heterocycles. The van der Waals surface area contributed by atoms with Crippen LogP contribution in [0.4, 0.5) is 0 Å². The van der Waals surface area contributed by atoms with Crippen molar-refractivity contribution in [3.63, 3.8) is 0 Å². The van der Waals surface area contributed by atoms with Crippen molar-refractivity contribution in [2.45, 2.75) is 13.8 Å². The molecule has 1 N–H and O–H groups in total. The zero-order chi connectivity index (χ0) is 12.6. The number of carbonyl (C=O) groups is 1. The van der Waals surface area contributed by atoms with E-state index in [9.17, 15) is 4.79 Å². The van der Waals surface area contributed by atoms with Crippen LogP contribution in [0.2, 0.25) is 0 Å². The first kappa shape index (κ1) is 11.9. The summed E-state index contributed by atoms with van der Waals surface area (Å²) >= 11 is 3.49. The fraction of sp³-hybridized carbons (Fsp3) is 0.154. The highest BCUT2D eigenvalue weighted by Gasteiger charge is 2.11. The average molecular weight is 295 g/mol. The van der Waals surface area contributed by atoms with E-state index in [1.54, 1.807) is 6.07 Å². The van der Waals surface area contributed by atoms with Gasteiger partial charge in [-0.2, -0.15) is 0 Å². The summed E-state index contributed by atoms with van der Waals surface area (Å²) in [5.74, 6) is -0.527. The molecule has 4 heteroatoms. The Kier molecular flexibility index (Phi) is 3.07. The molecule has 88 valence electrons. The lowest BCUT2D eigenvalue weighted by atomic mass is 10.1. The number of halogens is 1. The Labute approximate surface area is 107 Å². The number of carboxylic acid groups (broad SMARTS) is 1. The summed E-state index contributed by atoms with van der Waals surface area (Å²) in [6.45, 7) is 3.98. The summed E-state index contributed by atoms with van der Waals surface area (Å²) in [5, 5.41) is 8.80. The summed E-state index contributed by atoms with van der Waals surface area (Å²) < 4.78 is 6.33. The van der Waals surface area contributed by atoms with Gasteiger partial charge in [-0.3, -0.25) is 0 Å². The minimum absolute atomic E-state index is 0.0433. The van der Waals surface area contributed by atoms with E-state index in [0.717, 1.165) is 21.2 Å². The zero-order valence-electron chi connectivity index (χ0n) is 9.45. The van der Waals surface area contributed by atoms with Gasteiger partial charge < -0.3 is 9.52 Å². The summed E-state index contributed by atoms with van der Waals surface area (Å²) in [5.41, 5.74) is 3.07. The van der Waals surface area contributed by atoms with Gasteiger partial charge in [0.1, 0.15) is 5.76 Å². The van der Waals surface area contributed by atoms with Crippen LogP contribution in [0.15, 0.2) is 33.2 Å². The Morgan fingerprint density at radius 3 is 2.29 bits per heavy atom. The van der Waals surface area contributed by atoms with Gasteiger partial charge in [0.15, 0.2) is 0 Å². The van der Waals surface area contributed by atoms with Crippen molar-refractivity contribution in [1.29, 1.82) is 0 Å². The molecule has 0 unspecified atom stereocenters. The third kappa shape index (κ3) is 2.26. The number of furan rings is 1. The molecule has 1 heterocycles. The maximum atomic E-state index is 10.7. The Morgan fingerprint density at radius 1 is 1.24 bits per heavy atom. The minimum Gasteiger partial charge on any atom is -0.475 e. The summed E-state index contributed by atoms with van der Waals surface area (Å²) in [6, 6.07) is 7.05. The third-order valence-electron chi connectivity index (χ3n) is 2.54. The SMILES string of the molecule is Cc1cc(-c2ccc(C(=O)O)o2)cc(C)c1Br. The molecular weight excluding hydrogens is 284 g/mol. The maximum Gasteiger partial charge on any atom is 0.371 e. The second kappa shape index (κ2) is 4.37. The smallest absolute Gasteiger partial charge is 0.371 e. The second-order valence-electron chi connectivity index (χ2n) is 3.89.